The Kier molecular flexibility index (Phi) is 3.77. The van der Waals surface area contributed by atoms with Crippen LogP contribution in [0.1, 0.15) is 54.0 Å². The van der Waals surface area contributed by atoms with Gasteiger partial charge in [-0.3, -0.25) is 0 Å². The maximum atomic E-state index is 12.1. The van der Waals surface area contributed by atoms with Crippen molar-refractivity contribution in [1.29, 1.82) is 0 Å². The summed E-state index contributed by atoms with van der Waals surface area (Å²) in [5, 5.41) is 9.94. The zero-order chi connectivity index (χ0) is 18.8. The van der Waals surface area contributed by atoms with Gasteiger partial charge in [-0.05, 0) is 60.0 Å². The summed E-state index contributed by atoms with van der Waals surface area (Å²) in [6.07, 6.45) is 2.75. The fourth-order valence-electron chi connectivity index (χ4n) is 3.46. The number of fused-ring (bicyclic) bond motifs is 1. The maximum absolute atomic E-state index is 12.1. The predicted molar refractivity (Wildman–Crippen MR) is 101 cm³/mol. The van der Waals surface area contributed by atoms with Crippen molar-refractivity contribution in [1.82, 2.24) is 4.48 Å². The van der Waals surface area contributed by atoms with Crippen LogP contribution >= 0.6 is 0 Å². The second-order valence-electron chi connectivity index (χ2n) is 8.90. The van der Waals surface area contributed by atoms with Crippen LogP contribution in [0.3, 0.4) is 0 Å². The average molecular weight is 344 g/mol. The number of quaternary nitrogens is 1. The van der Waals surface area contributed by atoms with E-state index in [4.69, 9.17) is 9.31 Å². The lowest BCUT2D eigenvalue weighted by Crippen LogP contribution is -2.60. The molecule has 2 aliphatic rings. The van der Waals surface area contributed by atoms with Crippen molar-refractivity contribution in [3.8, 4) is 0 Å². The van der Waals surface area contributed by atoms with Crippen LogP contribution in [0.15, 0.2) is 24.4 Å². The Bertz CT molecular complexity index is 747. The third-order valence-electron chi connectivity index (χ3n) is 5.79. The van der Waals surface area contributed by atoms with Crippen LogP contribution in [0, 0.1) is 0 Å². The molecule has 5 nitrogen and oxygen atoms in total. The first kappa shape index (κ1) is 18.2. The molecule has 0 saturated carbocycles. The monoisotopic (exact) mass is 344 g/mol. The van der Waals surface area contributed by atoms with Crippen molar-refractivity contribution >= 4 is 30.4 Å². The molecule has 0 bridgehead atoms. The van der Waals surface area contributed by atoms with Crippen LogP contribution in [-0.4, -0.2) is 35.1 Å². The van der Waals surface area contributed by atoms with E-state index in [0.717, 1.165) is 16.7 Å². The fourth-order valence-corrected chi connectivity index (χ4v) is 3.46. The summed E-state index contributed by atoms with van der Waals surface area (Å²) in [5.41, 5.74) is 1.25. The molecule has 1 unspecified atom stereocenters. The highest BCUT2D eigenvalue weighted by atomic mass is 16.7. The molecule has 1 atom stereocenters. The van der Waals surface area contributed by atoms with Crippen LogP contribution < -0.4 is 9.95 Å². The van der Waals surface area contributed by atoms with Crippen LogP contribution in [0.4, 0.5) is 10.5 Å². The molecule has 1 amide bonds. The van der Waals surface area contributed by atoms with Gasteiger partial charge >= 0.3 is 13.2 Å². The van der Waals surface area contributed by atoms with Gasteiger partial charge in [-0.15, -0.1) is 0 Å². The molecule has 134 valence electrons. The third-order valence-corrected chi connectivity index (χ3v) is 5.79. The molecule has 1 N–H and O–H groups in total. The van der Waals surface area contributed by atoms with Gasteiger partial charge in [-0.25, -0.2) is 0 Å². The molecule has 1 fully saturated rings. The maximum Gasteiger partial charge on any atom is 0.523 e. The van der Waals surface area contributed by atoms with Gasteiger partial charge in [0, 0.05) is 17.7 Å². The Morgan fingerprint density at radius 3 is 2.16 bits per heavy atom. The molecule has 1 aromatic rings. The number of carbonyl (C=O) groups is 1. The standard InChI is InChI=1S/C19H26BNO4/c1-17(2,3)21(16(22)23)11-10-13-12-14(8-9-15(13)21)20-24-18(4,5)19(6,7)25-20/h8-12H,1-7H3/p+1. The second kappa shape index (κ2) is 5.19. The Morgan fingerprint density at radius 1 is 1.12 bits per heavy atom. The summed E-state index contributed by atoms with van der Waals surface area (Å²) >= 11 is 0. The zero-order valence-corrected chi connectivity index (χ0v) is 16.1. The molecule has 25 heavy (non-hydrogen) atoms. The molecule has 0 aromatic heterocycles. The summed E-state index contributed by atoms with van der Waals surface area (Å²) in [4.78, 5) is 12.1. The van der Waals surface area contributed by atoms with Crippen molar-refractivity contribution in [2.45, 2.75) is 65.2 Å². The molecule has 2 aliphatic heterocycles. The number of nitrogens with zero attached hydrogens (tertiary/aromatic N) is 1. The molecule has 6 heteroatoms. The lowest BCUT2D eigenvalue weighted by molar-refractivity contribution is 0.00578. The van der Waals surface area contributed by atoms with Gasteiger partial charge in [0.25, 0.3) is 0 Å². The van der Waals surface area contributed by atoms with E-state index in [2.05, 4.69) is 0 Å². The molecule has 0 radical (unpaired) electrons. The van der Waals surface area contributed by atoms with E-state index in [-0.39, 0.29) is 4.48 Å². The lowest BCUT2D eigenvalue weighted by atomic mass is 9.78. The van der Waals surface area contributed by atoms with Gasteiger partial charge in [0.1, 0.15) is 11.7 Å². The SMILES string of the molecule is CC1(C)OB(c2ccc3c(c2)C=C[N+]3(C(=O)O)C(C)(C)C)OC1(C)C. The highest BCUT2D eigenvalue weighted by Gasteiger charge is 2.54. The molecule has 1 aromatic carbocycles. The molecular formula is C19H27BNO4+. The molecule has 0 aliphatic carbocycles. The predicted octanol–water partition coefficient (Wildman–Crippen LogP) is 3.75. The quantitative estimate of drug-likeness (QED) is 0.623. The summed E-state index contributed by atoms with van der Waals surface area (Å²) < 4.78 is 12.0. The van der Waals surface area contributed by atoms with Crippen LogP contribution in [-0.2, 0) is 9.31 Å². The minimum Gasteiger partial charge on any atom is -0.435 e. The Morgan fingerprint density at radius 2 is 1.68 bits per heavy atom. The van der Waals surface area contributed by atoms with Crippen LogP contribution in [0.5, 0.6) is 0 Å². The van der Waals surface area contributed by atoms with E-state index in [9.17, 15) is 9.90 Å². The number of carboxylic acid groups (broad SMARTS) is 1. The average Bonchev–Trinajstić information content (AvgIpc) is 2.93. The highest BCUT2D eigenvalue weighted by Crippen LogP contribution is 2.42. The minimum absolute atomic E-state index is 0.216. The number of benzene rings is 1. The largest absolute Gasteiger partial charge is 0.523 e. The first-order valence-corrected chi connectivity index (χ1v) is 8.64. The number of hydrogen-bond donors (Lipinski definition) is 1. The van der Waals surface area contributed by atoms with E-state index in [1.165, 1.54) is 0 Å². The molecular weight excluding hydrogens is 317 g/mol. The Labute approximate surface area is 150 Å². The molecule has 3 rings (SSSR count). The Hall–Kier alpha value is -1.63. The summed E-state index contributed by atoms with van der Waals surface area (Å²) in [5.74, 6) is 0. The van der Waals surface area contributed by atoms with Crippen molar-refractivity contribution < 1.29 is 19.2 Å². The topological polar surface area (TPSA) is 55.8 Å². The smallest absolute Gasteiger partial charge is 0.435 e. The van der Waals surface area contributed by atoms with Crippen LogP contribution in [0.2, 0.25) is 0 Å². The fraction of sp³-hybridized carbons (Fsp3) is 0.526. The number of hydrogen-bond acceptors (Lipinski definition) is 3. The first-order valence-electron chi connectivity index (χ1n) is 8.64. The number of amides is 1. The van der Waals surface area contributed by atoms with Crippen molar-refractivity contribution in [2.24, 2.45) is 0 Å². The Balaban J connectivity index is 2.02. The van der Waals surface area contributed by atoms with Gasteiger partial charge in [-0.1, -0.05) is 6.07 Å². The van der Waals surface area contributed by atoms with E-state index in [1.807, 2.05) is 72.7 Å². The van der Waals surface area contributed by atoms with E-state index in [1.54, 1.807) is 6.20 Å². The number of rotatable bonds is 1. The summed E-state index contributed by atoms with van der Waals surface area (Å²) in [7, 11) is -0.453. The summed E-state index contributed by atoms with van der Waals surface area (Å²) in [6, 6.07) is 5.77. The zero-order valence-electron chi connectivity index (χ0n) is 16.1. The lowest BCUT2D eigenvalue weighted by Gasteiger charge is -2.38. The minimum atomic E-state index is -0.883. The van der Waals surface area contributed by atoms with E-state index in [0.29, 0.717) is 0 Å². The van der Waals surface area contributed by atoms with E-state index >= 15 is 0 Å². The molecule has 2 heterocycles. The third kappa shape index (κ3) is 2.47. The second-order valence-corrected chi connectivity index (χ2v) is 8.90. The van der Waals surface area contributed by atoms with Gasteiger partial charge in [0.15, 0.2) is 5.69 Å². The molecule has 1 saturated heterocycles. The van der Waals surface area contributed by atoms with Gasteiger partial charge in [0.2, 0.25) is 0 Å². The molecule has 0 spiro atoms. The van der Waals surface area contributed by atoms with Gasteiger partial charge < -0.3 is 14.4 Å². The summed E-state index contributed by atoms with van der Waals surface area (Å²) in [6.45, 7) is 13.9. The van der Waals surface area contributed by atoms with Crippen molar-refractivity contribution in [3.63, 3.8) is 0 Å². The first-order chi connectivity index (χ1) is 11.3. The normalized spacial score (nSPS) is 26.8. The highest BCUT2D eigenvalue weighted by molar-refractivity contribution is 6.62. The van der Waals surface area contributed by atoms with Gasteiger partial charge in [0.05, 0.1) is 11.2 Å². The van der Waals surface area contributed by atoms with Crippen molar-refractivity contribution in [2.75, 3.05) is 0 Å². The van der Waals surface area contributed by atoms with Crippen molar-refractivity contribution in [3.05, 3.63) is 30.0 Å². The van der Waals surface area contributed by atoms with Gasteiger partial charge in [-0.2, -0.15) is 9.28 Å². The van der Waals surface area contributed by atoms with E-state index < -0.39 is 30.0 Å². The van der Waals surface area contributed by atoms with Crippen LogP contribution in [0.25, 0.3) is 6.08 Å².